The largest absolute Gasteiger partial charge is 0.435 e. The number of carbonyl (C=O) groups is 1. The van der Waals surface area contributed by atoms with E-state index in [-0.39, 0.29) is 38.8 Å². The SMILES string of the molecule is CC(=O)NCc1cc(C2=NOC(c3cc(Cl)c(Cl)c(Cl)c3)(C(F)(F)F)C2)ccc1Cl. The minimum absolute atomic E-state index is 0.0512. The van der Waals surface area contributed by atoms with E-state index in [1.165, 1.54) is 19.1 Å². The lowest BCUT2D eigenvalue weighted by molar-refractivity contribution is -0.275. The lowest BCUT2D eigenvalue weighted by atomic mass is 9.86. The highest BCUT2D eigenvalue weighted by atomic mass is 35.5. The van der Waals surface area contributed by atoms with Crippen LogP contribution in [0.1, 0.15) is 30.0 Å². The van der Waals surface area contributed by atoms with E-state index >= 15 is 0 Å². The number of oxime groups is 1. The molecule has 1 N–H and O–H groups in total. The Morgan fingerprint density at radius 3 is 2.33 bits per heavy atom. The van der Waals surface area contributed by atoms with Gasteiger partial charge in [-0.2, -0.15) is 13.2 Å². The summed E-state index contributed by atoms with van der Waals surface area (Å²) in [4.78, 5) is 16.1. The Morgan fingerprint density at radius 1 is 1.13 bits per heavy atom. The van der Waals surface area contributed by atoms with E-state index in [1.54, 1.807) is 6.07 Å². The molecule has 4 nitrogen and oxygen atoms in total. The van der Waals surface area contributed by atoms with Crippen LogP contribution in [0.25, 0.3) is 0 Å². The van der Waals surface area contributed by atoms with Crippen LogP contribution in [0, 0.1) is 0 Å². The first-order valence-electron chi connectivity index (χ1n) is 8.44. The minimum Gasteiger partial charge on any atom is -0.374 e. The van der Waals surface area contributed by atoms with E-state index in [0.29, 0.717) is 16.1 Å². The van der Waals surface area contributed by atoms with Crippen molar-refractivity contribution in [2.45, 2.75) is 31.7 Å². The smallest absolute Gasteiger partial charge is 0.374 e. The Hall–Kier alpha value is -1.67. The first kappa shape index (κ1) is 23.0. The molecule has 0 radical (unpaired) electrons. The predicted molar refractivity (Wildman–Crippen MR) is 110 cm³/mol. The van der Waals surface area contributed by atoms with Crippen LogP contribution in [0.4, 0.5) is 13.2 Å². The third-order valence-electron chi connectivity index (χ3n) is 4.54. The fraction of sp³-hybridized carbons (Fsp3) is 0.263. The van der Waals surface area contributed by atoms with Crippen molar-refractivity contribution in [3.8, 4) is 0 Å². The molecular weight excluding hydrogens is 487 g/mol. The zero-order valence-corrected chi connectivity index (χ0v) is 18.2. The number of halogens is 7. The molecule has 0 aliphatic carbocycles. The Kier molecular flexibility index (Phi) is 6.49. The first-order valence-corrected chi connectivity index (χ1v) is 9.96. The maximum atomic E-state index is 14.1. The van der Waals surface area contributed by atoms with Crippen LogP contribution < -0.4 is 5.32 Å². The summed E-state index contributed by atoms with van der Waals surface area (Å²) >= 11 is 23.9. The second kappa shape index (κ2) is 8.46. The predicted octanol–water partition coefficient (Wildman–Crippen LogP) is 6.52. The van der Waals surface area contributed by atoms with Gasteiger partial charge in [-0.25, -0.2) is 0 Å². The fourth-order valence-corrected chi connectivity index (χ4v) is 3.74. The van der Waals surface area contributed by atoms with Gasteiger partial charge in [-0.1, -0.05) is 57.6 Å². The van der Waals surface area contributed by atoms with Crippen LogP contribution in [0.15, 0.2) is 35.5 Å². The molecule has 0 fully saturated rings. The second-order valence-corrected chi connectivity index (χ2v) is 8.20. The third kappa shape index (κ3) is 4.35. The van der Waals surface area contributed by atoms with Crippen molar-refractivity contribution in [3.63, 3.8) is 0 Å². The molecule has 1 aliphatic rings. The maximum Gasteiger partial charge on any atom is 0.435 e. The summed E-state index contributed by atoms with van der Waals surface area (Å²) in [6.45, 7) is 1.45. The second-order valence-electron chi connectivity index (χ2n) is 6.60. The molecule has 0 spiro atoms. The van der Waals surface area contributed by atoms with Gasteiger partial charge in [0.15, 0.2) is 0 Å². The van der Waals surface area contributed by atoms with Crippen LogP contribution in [-0.2, 0) is 21.8 Å². The highest BCUT2D eigenvalue weighted by Gasteiger charge is 2.62. The van der Waals surface area contributed by atoms with Gasteiger partial charge in [0.05, 0.1) is 20.8 Å². The van der Waals surface area contributed by atoms with Crippen LogP contribution in [0.3, 0.4) is 0 Å². The Balaban J connectivity index is 1.99. The number of rotatable bonds is 4. The highest BCUT2D eigenvalue weighted by Crippen LogP contribution is 2.50. The zero-order chi connectivity index (χ0) is 22.3. The lowest BCUT2D eigenvalue weighted by Crippen LogP contribution is -2.42. The first-order chi connectivity index (χ1) is 13.9. The Bertz CT molecular complexity index is 1020. The molecule has 1 aliphatic heterocycles. The van der Waals surface area contributed by atoms with E-state index in [4.69, 9.17) is 51.2 Å². The van der Waals surface area contributed by atoms with Crippen molar-refractivity contribution in [2.75, 3.05) is 0 Å². The maximum absolute atomic E-state index is 14.1. The fourth-order valence-electron chi connectivity index (χ4n) is 2.96. The van der Waals surface area contributed by atoms with Gasteiger partial charge in [0.25, 0.3) is 5.60 Å². The van der Waals surface area contributed by atoms with Gasteiger partial charge in [-0.3, -0.25) is 4.79 Å². The van der Waals surface area contributed by atoms with Crippen LogP contribution >= 0.6 is 46.4 Å². The van der Waals surface area contributed by atoms with Crippen molar-refractivity contribution in [3.05, 3.63) is 67.1 Å². The summed E-state index contributed by atoms with van der Waals surface area (Å²) in [6.07, 6.45) is -5.45. The molecule has 3 rings (SSSR count). The van der Waals surface area contributed by atoms with Gasteiger partial charge >= 0.3 is 6.18 Å². The summed E-state index contributed by atoms with van der Waals surface area (Å²) < 4.78 is 42.4. The Labute approximate surface area is 189 Å². The molecule has 0 saturated carbocycles. The van der Waals surface area contributed by atoms with E-state index in [1.807, 2.05) is 0 Å². The number of alkyl halides is 3. The lowest BCUT2D eigenvalue weighted by Gasteiger charge is -2.30. The van der Waals surface area contributed by atoms with Gasteiger partial charge in [0.2, 0.25) is 5.91 Å². The number of carbonyl (C=O) groups excluding carboxylic acids is 1. The Morgan fingerprint density at radius 2 is 1.77 bits per heavy atom. The number of benzene rings is 2. The number of amides is 1. The standard InChI is InChI=1S/C19H13Cl4F3N2O2/c1-9(29)27-8-11-4-10(2-3-13(11)20)16-7-18(30-28-16,19(24,25)26)12-5-14(21)17(23)15(22)6-12/h2-6H,7-8H2,1H3,(H,27,29). The van der Waals surface area contributed by atoms with Gasteiger partial charge in [-0.15, -0.1) is 0 Å². The number of hydrogen-bond donors (Lipinski definition) is 1. The average molecular weight is 500 g/mol. The third-order valence-corrected chi connectivity index (χ3v) is 6.11. The molecule has 0 bridgehead atoms. The van der Waals surface area contributed by atoms with Crippen molar-refractivity contribution in [2.24, 2.45) is 5.16 Å². The van der Waals surface area contributed by atoms with Gasteiger partial charge < -0.3 is 10.2 Å². The number of nitrogens with zero attached hydrogens (tertiary/aromatic N) is 1. The van der Waals surface area contributed by atoms with E-state index < -0.39 is 18.2 Å². The van der Waals surface area contributed by atoms with Gasteiger partial charge in [0, 0.05) is 30.5 Å². The van der Waals surface area contributed by atoms with Crippen LogP contribution in [0.5, 0.6) is 0 Å². The van der Waals surface area contributed by atoms with Crippen molar-refractivity contribution in [1.29, 1.82) is 0 Å². The molecule has 2 aromatic carbocycles. The molecule has 1 unspecified atom stereocenters. The number of hydrogen-bond acceptors (Lipinski definition) is 3. The van der Waals surface area contributed by atoms with Crippen molar-refractivity contribution in [1.82, 2.24) is 5.32 Å². The molecule has 0 saturated heterocycles. The summed E-state index contributed by atoms with van der Waals surface area (Å²) in [7, 11) is 0. The van der Waals surface area contributed by atoms with Gasteiger partial charge in [0.1, 0.15) is 0 Å². The summed E-state index contributed by atoms with van der Waals surface area (Å²) in [5, 5.41) is 6.31. The minimum atomic E-state index is -4.83. The van der Waals surface area contributed by atoms with E-state index in [9.17, 15) is 18.0 Å². The summed E-state index contributed by atoms with van der Waals surface area (Å²) in [5.74, 6) is -0.273. The monoisotopic (exact) mass is 498 g/mol. The normalized spacial score (nSPS) is 18.7. The van der Waals surface area contributed by atoms with E-state index in [0.717, 1.165) is 12.1 Å². The molecule has 0 aromatic heterocycles. The molecule has 30 heavy (non-hydrogen) atoms. The van der Waals surface area contributed by atoms with Crippen LogP contribution in [-0.4, -0.2) is 17.8 Å². The molecule has 1 atom stereocenters. The quantitative estimate of drug-likeness (QED) is 0.487. The molecule has 160 valence electrons. The number of nitrogens with one attached hydrogen (secondary N) is 1. The van der Waals surface area contributed by atoms with E-state index in [2.05, 4.69) is 10.5 Å². The molecule has 1 heterocycles. The van der Waals surface area contributed by atoms with Crippen molar-refractivity contribution >= 4 is 58.0 Å². The molecule has 2 aromatic rings. The summed E-state index contributed by atoms with van der Waals surface area (Å²) in [6, 6.07) is 6.71. The average Bonchev–Trinajstić information content (AvgIpc) is 3.11. The zero-order valence-electron chi connectivity index (χ0n) is 15.2. The molecule has 1 amide bonds. The molecule has 11 heteroatoms. The van der Waals surface area contributed by atoms with Crippen molar-refractivity contribution < 1.29 is 22.8 Å². The topological polar surface area (TPSA) is 50.7 Å². The van der Waals surface area contributed by atoms with Gasteiger partial charge in [-0.05, 0) is 35.4 Å². The highest BCUT2D eigenvalue weighted by molar-refractivity contribution is 6.48. The van der Waals surface area contributed by atoms with Crippen LogP contribution in [0.2, 0.25) is 20.1 Å². The summed E-state index contributed by atoms with van der Waals surface area (Å²) in [5.41, 5.74) is -2.15. The molecular formula is C19H13Cl4F3N2O2.